The second-order valence-electron chi connectivity index (χ2n) is 7.99. The molecule has 13 heteroatoms. The predicted octanol–water partition coefficient (Wildman–Crippen LogP) is 2.86. The van der Waals surface area contributed by atoms with Crippen LogP contribution in [-0.2, 0) is 6.61 Å². The van der Waals surface area contributed by atoms with Crippen molar-refractivity contribution in [2.24, 2.45) is 4.99 Å². The summed E-state index contributed by atoms with van der Waals surface area (Å²) in [5, 5.41) is 35.4. The molecule has 0 amide bonds. The first-order valence-corrected chi connectivity index (χ1v) is 10.8. The average Bonchev–Trinajstić information content (AvgIpc) is 2.87. The highest BCUT2D eigenvalue weighted by molar-refractivity contribution is 5.98. The van der Waals surface area contributed by atoms with E-state index in [1.165, 1.54) is 19.2 Å². The number of aryl methyl sites for hydroxylation is 1. The number of nitrogens with zero attached hydrogens (tertiary/aromatic N) is 5. The average molecular weight is 499 g/mol. The molecule has 4 rings (SSSR count). The Morgan fingerprint density at radius 2 is 1.97 bits per heavy atom. The van der Waals surface area contributed by atoms with Gasteiger partial charge in [-0.25, -0.2) is 9.98 Å². The van der Waals surface area contributed by atoms with Crippen LogP contribution in [0.15, 0.2) is 41.4 Å². The van der Waals surface area contributed by atoms with Crippen LogP contribution in [0.2, 0.25) is 0 Å². The molecule has 0 fully saturated rings. The number of nitrogens with one attached hydrogen (secondary N) is 2. The van der Waals surface area contributed by atoms with Crippen molar-refractivity contribution in [3.8, 4) is 23.8 Å². The van der Waals surface area contributed by atoms with E-state index in [1.807, 2.05) is 6.07 Å². The summed E-state index contributed by atoms with van der Waals surface area (Å²) in [6.07, 6.45) is 1.80. The Hall–Kier alpha value is -5.56. The maximum absolute atomic E-state index is 11.5. The number of hydrogen-bond donors (Lipinski definition) is 4. The predicted molar refractivity (Wildman–Crippen MR) is 135 cm³/mol. The number of nitro benzene ring substituents is 1. The number of nitro groups is 1. The smallest absolute Gasteiger partial charge is 0.311 e. The fraction of sp³-hybridized carbons (Fsp3) is 0.167. The molecule has 1 aliphatic heterocycles. The van der Waals surface area contributed by atoms with Crippen molar-refractivity contribution in [3.05, 3.63) is 74.3 Å². The minimum Gasteiger partial charge on any atom is -0.496 e. The number of hydrogen-bond acceptors (Lipinski definition) is 12. The van der Waals surface area contributed by atoms with Gasteiger partial charge in [0, 0.05) is 17.2 Å². The van der Waals surface area contributed by atoms with E-state index < -0.39 is 11.0 Å². The Morgan fingerprint density at radius 1 is 1.22 bits per heavy atom. The number of rotatable bonds is 6. The highest BCUT2D eigenvalue weighted by atomic mass is 16.6. The molecule has 0 saturated heterocycles. The number of ether oxygens (including phenoxy) is 2. The summed E-state index contributed by atoms with van der Waals surface area (Å²) in [5.74, 6) is 0.881. The summed E-state index contributed by atoms with van der Waals surface area (Å²) in [7, 11) is 1.49. The van der Waals surface area contributed by atoms with Crippen molar-refractivity contribution in [2.75, 3.05) is 23.9 Å². The summed E-state index contributed by atoms with van der Waals surface area (Å²) < 4.78 is 11.3. The lowest BCUT2D eigenvalue weighted by Crippen LogP contribution is -2.32. The Labute approximate surface area is 211 Å². The molecule has 0 bridgehead atoms. The van der Waals surface area contributed by atoms with Crippen LogP contribution in [0, 0.1) is 39.8 Å². The molecule has 6 N–H and O–H groups in total. The zero-order valence-electron chi connectivity index (χ0n) is 19.8. The minimum absolute atomic E-state index is 0.0150. The summed E-state index contributed by atoms with van der Waals surface area (Å²) in [4.78, 5) is 19.8. The highest BCUT2D eigenvalue weighted by Crippen LogP contribution is 2.41. The summed E-state index contributed by atoms with van der Waals surface area (Å²) >= 11 is 0. The molecule has 3 aromatic rings. The van der Waals surface area contributed by atoms with E-state index in [0.29, 0.717) is 22.4 Å². The number of methoxy groups -OCH3 is 1. The van der Waals surface area contributed by atoms with Crippen LogP contribution < -0.4 is 31.6 Å². The molecule has 1 aromatic heterocycles. The molecule has 0 radical (unpaired) electrons. The fourth-order valence-electron chi connectivity index (χ4n) is 3.95. The van der Waals surface area contributed by atoms with Gasteiger partial charge >= 0.3 is 5.69 Å². The van der Waals surface area contributed by atoms with Gasteiger partial charge < -0.3 is 26.3 Å². The molecule has 0 spiro atoms. The summed E-state index contributed by atoms with van der Waals surface area (Å²) in [6, 6.07) is 11.1. The number of nitrogens with two attached hydrogens (primary N) is 2. The van der Waals surface area contributed by atoms with Gasteiger partial charge in [0.15, 0.2) is 11.9 Å². The third kappa shape index (κ3) is 4.69. The van der Waals surface area contributed by atoms with Gasteiger partial charge in [-0.2, -0.15) is 10.5 Å². The Kier molecular flexibility index (Phi) is 6.62. The number of anilines is 3. The molecule has 1 unspecified atom stereocenters. The van der Waals surface area contributed by atoms with Crippen LogP contribution in [0.1, 0.15) is 33.9 Å². The van der Waals surface area contributed by atoms with Crippen molar-refractivity contribution in [2.45, 2.75) is 19.6 Å². The molecule has 1 atom stereocenters. The number of fused-ring (bicyclic) bond motifs is 1. The molecular formula is C24H21N9O4. The molecule has 13 nitrogen and oxygen atoms in total. The number of benzene rings is 2. The van der Waals surface area contributed by atoms with E-state index in [9.17, 15) is 15.4 Å². The largest absolute Gasteiger partial charge is 0.496 e. The topological polar surface area (TPSA) is 211 Å². The molecule has 0 aliphatic carbocycles. The lowest BCUT2D eigenvalue weighted by Gasteiger charge is -2.26. The van der Waals surface area contributed by atoms with Crippen molar-refractivity contribution < 1.29 is 14.4 Å². The van der Waals surface area contributed by atoms with Gasteiger partial charge in [0.25, 0.3) is 0 Å². The lowest BCUT2D eigenvalue weighted by molar-refractivity contribution is -0.386. The number of pyridine rings is 1. The Balaban J connectivity index is 1.78. The lowest BCUT2D eigenvalue weighted by atomic mass is 9.94. The number of aliphatic imine (C=N–C) groups is 1. The van der Waals surface area contributed by atoms with Gasteiger partial charge in [0.1, 0.15) is 41.7 Å². The van der Waals surface area contributed by atoms with Gasteiger partial charge in [0.05, 0.1) is 17.7 Å². The van der Waals surface area contributed by atoms with Gasteiger partial charge in [-0.05, 0) is 36.2 Å². The third-order valence-corrected chi connectivity index (χ3v) is 5.67. The zero-order chi connectivity index (χ0) is 26.7. The van der Waals surface area contributed by atoms with E-state index in [1.54, 1.807) is 37.4 Å². The van der Waals surface area contributed by atoms with Gasteiger partial charge in [-0.1, -0.05) is 12.1 Å². The van der Waals surface area contributed by atoms with E-state index in [-0.39, 0.29) is 46.9 Å². The van der Waals surface area contributed by atoms with Crippen LogP contribution in [0.3, 0.4) is 0 Å². The monoisotopic (exact) mass is 499 g/mol. The first kappa shape index (κ1) is 24.6. The minimum atomic E-state index is -0.773. The normalized spacial score (nSPS) is 13.7. The van der Waals surface area contributed by atoms with Gasteiger partial charge in [-0.3, -0.25) is 15.4 Å². The zero-order valence-corrected chi connectivity index (χ0v) is 19.8. The first-order valence-electron chi connectivity index (χ1n) is 10.8. The molecular weight excluding hydrogens is 478 g/mol. The van der Waals surface area contributed by atoms with Gasteiger partial charge in [-0.15, -0.1) is 0 Å². The summed E-state index contributed by atoms with van der Waals surface area (Å²) in [5.41, 5.74) is 14.5. The second-order valence-corrected chi connectivity index (χ2v) is 7.99. The van der Waals surface area contributed by atoms with E-state index in [2.05, 4.69) is 20.6 Å². The highest BCUT2D eigenvalue weighted by Gasteiger charge is 2.30. The number of nitriles is 2. The second kappa shape index (κ2) is 9.97. The van der Waals surface area contributed by atoms with E-state index in [0.717, 1.165) is 5.56 Å². The standard InChI is InChI=1S/C24H21N9O4/c1-12-3-5-18(16(7-12)33(34)35)37-10-14-8-13(4-6-17(14)36-2)21-19-20(27)15(9-25)22(28)31-23(19)32-24(30-21)29-11-26/h3-8,21H,10H2,1-2H3,(H6,27,28,29,30,31,32). The van der Waals surface area contributed by atoms with Crippen LogP contribution in [0.25, 0.3) is 0 Å². The number of nitrogen functional groups attached to an aromatic ring is 2. The van der Waals surface area contributed by atoms with E-state index >= 15 is 0 Å². The fourth-order valence-corrected chi connectivity index (χ4v) is 3.95. The quantitative estimate of drug-likeness (QED) is 0.167. The molecule has 1 aliphatic rings. The molecule has 186 valence electrons. The number of guanidine groups is 1. The maximum atomic E-state index is 11.5. The van der Waals surface area contributed by atoms with Crippen molar-refractivity contribution >= 4 is 29.0 Å². The molecule has 2 heterocycles. The first-order chi connectivity index (χ1) is 17.8. The van der Waals surface area contributed by atoms with E-state index in [4.69, 9.17) is 26.2 Å². The number of aromatic nitrogens is 1. The van der Waals surface area contributed by atoms with Crippen LogP contribution in [-0.4, -0.2) is 23.0 Å². The molecule has 0 saturated carbocycles. The van der Waals surface area contributed by atoms with Gasteiger partial charge in [0.2, 0.25) is 5.96 Å². The SMILES string of the molecule is COc1ccc(C2N=C(NC#N)Nc3nc(N)c(C#N)c(N)c32)cc1COc1ccc(C)cc1[N+](=O)[O-]. The molecule has 37 heavy (non-hydrogen) atoms. The Morgan fingerprint density at radius 3 is 2.65 bits per heavy atom. The van der Waals surface area contributed by atoms with Crippen LogP contribution in [0.4, 0.5) is 23.0 Å². The van der Waals surface area contributed by atoms with Crippen molar-refractivity contribution in [1.29, 1.82) is 10.5 Å². The maximum Gasteiger partial charge on any atom is 0.311 e. The third-order valence-electron chi connectivity index (χ3n) is 5.67. The van der Waals surface area contributed by atoms with Crippen molar-refractivity contribution in [1.82, 2.24) is 10.3 Å². The Bertz CT molecular complexity index is 1520. The van der Waals surface area contributed by atoms with Crippen LogP contribution >= 0.6 is 0 Å². The molecule has 2 aromatic carbocycles. The van der Waals surface area contributed by atoms with Crippen LogP contribution in [0.5, 0.6) is 11.5 Å². The van der Waals surface area contributed by atoms with Crippen molar-refractivity contribution in [3.63, 3.8) is 0 Å². The summed E-state index contributed by atoms with van der Waals surface area (Å²) in [6.45, 7) is 1.70.